The maximum absolute atomic E-state index is 4.89. The predicted octanol–water partition coefficient (Wildman–Crippen LogP) is 2.96. The Balaban J connectivity index is 2.53. The minimum Gasteiger partial charge on any atom is -0.364 e. The van der Waals surface area contributed by atoms with Crippen LogP contribution in [0.4, 0.5) is 0 Å². The molecule has 0 saturated heterocycles. The monoisotopic (exact) mass is 173 g/mol. The molecule has 0 amide bonds. The average Bonchev–Trinajstić information content (AvgIpc) is 2.51. The third kappa shape index (κ3) is 1.47. The minimum absolute atomic E-state index is 0.934. The largest absolute Gasteiger partial charge is 0.364 e. The van der Waals surface area contributed by atoms with Gasteiger partial charge in [-0.15, -0.1) is 0 Å². The van der Waals surface area contributed by atoms with Gasteiger partial charge in [-0.2, -0.15) is 0 Å². The highest BCUT2D eigenvalue weighted by atomic mass is 16.5. The third-order valence-electron chi connectivity index (χ3n) is 2.04. The fourth-order valence-corrected chi connectivity index (χ4v) is 1.36. The van der Waals surface area contributed by atoms with Gasteiger partial charge in [-0.3, -0.25) is 0 Å². The molecule has 0 fully saturated rings. The first kappa shape index (κ1) is 8.05. The maximum Gasteiger partial charge on any atom is 0.127 e. The Hall–Kier alpha value is -1.57. The molecule has 0 spiro atoms. The molecule has 1 aromatic heterocycles. The van der Waals surface area contributed by atoms with Crippen LogP contribution in [-0.2, 0) is 0 Å². The molecule has 1 heterocycles. The zero-order valence-electron chi connectivity index (χ0n) is 7.74. The lowest BCUT2D eigenvalue weighted by molar-refractivity contribution is 0.421. The van der Waals surface area contributed by atoms with Crippen molar-refractivity contribution in [3.05, 3.63) is 41.7 Å². The number of hydrogen-bond acceptors (Lipinski definition) is 2. The first-order chi connectivity index (χ1) is 6.27. The van der Waals surface area contributed by atoms with Crippen LogP contribution in [0.5, 0.6) is 0 Å². The molecule has 0 unspecified atom stereocenters. The van der Waals surface area contributed by atoms with E-state index in [-0.39, 0.29) is 0 Å². The van der Waals surface area contributed by atoms with E-state index in [9.17, 15) is 0 Å². The Kier molecular flexibility index (Phi) is 1.89. The molecule has 2 heteroatoms. The summed E-state index contributed by atoms with van der Waals surface area (Å²) in [4.78, 5) is 0. The van der Waals surface area contributed by atoms with E-state index < -0.39 is 0 Å². The number of nitrogens with zero attached hydrogens (tertiary/aromatic N) is 1. The summed E-state index contributed by atoms with van der Waals surface area (Å²) in [7, 11) is 0. The average molecular weight is 173 g/mol. The number of aryl methyl sites for hydroxylation is 2. The molecule has 0 bridgehead atoms. The number of hydrogen-bond donors (Lipinski definition) is 0. The van der Waals surface area contributed by atoms with Crippen LogP contribution >= 0.6 is 0 Å². The summed E-state index contributed by atoms with van der Waals surface area (Å²) in [5, 5.41) is 3.95. The van der Waals surface area contributed by atoms with E-state index in [1.54, 1.807) is 6.26 Å². The highest BCUT2D eigenvalue weighted by Gasteiger charge is 2.05. The normalized spacial score (nSPS) is 10.3. The van der Waals surface area contributed by atoms with Gasteiger partial charge in [0.05, 0.1) is 0 Å². The number of rotatable bonds is 1. The Morgan fingerprint density at radius 2 is 2.08 bits per heavy atom. The maximum atomic E-state index is 4.89. The van der Waals surface area contributed by atoms with Crippen LogP contribution in [0.15, 0.2) is 35.1 Å². The minimum atomic E-state index is 0.934. The molecule has 13 heavy (non-hydrogen) atoms. The molecule has 0 atom stereocenters. The van der Waals surface area contributed by atoms with Gasteiger partial charge in [0, 0.05) is 11.1 Å². The summed E-state index contributed by atoms with van der Waals surface area (Å²) >= 11 is 0. The van der Waals surface area contributed by atoms with Gasteiger partial charge in [-0.1, -0.05) is 28.9 Å². The molecule has 2 nitrogen and oxygen atoms in total. The zero-order chi connectivity index (χ0) is 9.26. The highest BCUT2D eigenvalue weighted by Crippen LogP contribution is 2.21. The molecular formula is C11H11NO. The van der Waals surface area contributed by atoms with Gasteiger partial charge in [0.2, 0.25) is 0 Å². The van der Waals surface area contributed by atoms with Crippen LogP contribution in [0.25, 0.3) is 11.3 Å². The molecule has 66 valence electrons. The van der Waals surface area contributed by atoms with Crippen LogP contribution in [-0.4, -0.2) is 5.16 Å². The lowest BCUT2D eigenvalue weighted by Gasteiger charge is -1.98. The number of benzene rings is 1. The lowest BCUT2D eigenvalue weighted by atomic mass is 10.1. The smallest absolute Gasteiger partial charge is 0.127 e. The van der Waals surface area contributed by atoms with E-state index in [2.05, 4.69) is 24.2 Å². The Morgan fingerprint density at radius 1 is 1.23 bits per heavy atom. The third-order valence-corrected chi connectivity index (χ3v) is 2.04. The summed E-state index contributed by atoms with van der Waals surface area (Å²) in [6.45, 7) is 4.06. The highest BCUT2D eigenvalue weighted by molar-refractivity contribution is 5.62. The van der Waals surface area contributed by atoms with Gasteiger partial charge in [0.1, 0.15) is 12.0 Å². The van der Waals surface area contributed by atoms with Gasteiger partial charge >= 0.3 is 0 Å². The second kappa shape index (κ2) is 3.05. The van der Waals surface area contributed by atoms with Crippen molar-refractivity contribution in [2.45, 2.75) is 13.8 Å². The van der Waals surface area contributed by atoms with Gasteiger partial charge in [0.25, 0.3) is 0 Å². The summed E-state index contributed by atoms with van der Waals surface area (Å²) in [5.41, 5.74) is 4.36. The van der Waals surface area contributed by atoms with Gasteiger partial charge < -0.3 is 4.52 Å². The SMILES string of the molecule is Cc1cccc(-c2nocc2C)c1. The van der Waals surface area contributed by atoms with Crippen LogP contribution in [0, 0.1) is 13.8 Å². The first-order valence-corrected chi connectivity index (χ1v) is 4.25. The van der Waals surface area contributed by atoms with Gasteiger partial charge in [0.15, 0.2) is 0 Å². The second-order valence-electron chi connectivity index (χ2n) is 3.22. The van der Waals surface area contributed by atoms with Gasteiger partial charge in [-0.25, -0.2) is 0 Å². The van der Waals surface area contributed by atoms with Crippen LogP contribution in [0.3, 0.4) is 0 Å². The van der Waals surface area contributed by atoms with Gasteiger partial charge in [-0.05, 0) is 19.9 Å². The topological polar surface area (TPSA) is 26.0 Å². The van der Waals surface area contributed by atoms with Crippen molar-refractivity contribution in [2.75, 3.05) is 0 Å². The molecule has 1 aromatic carbocycles. The van der Waals surface area contributed by atoms with Crippen molar-refractivity contribution in [1.29, 1.82) is 0 Å². The van der Waals surface area contributed by atoms with E-state index in [0.29, 0.717) is 0 Å². The molecule has 2 rings (SSSR count). The molecule has 0 aliphatic heterocycles. The van der Waals surface area contributed by atoms with E-state index in [0.717, 1.165) is 16.8 Å². The fraction of sp³-hybridized carbons (Fsp3) is 0.182. The molecule has 0 N–H and O–H groups in total. The Labute approximate surface area is 77.2 Å². The van der Waals surface area contributed by atoms with Crippen molar-refractivity contribution < 1.29 is 4.52 Å². The van der Waals surface area contributed by atoms with E-state index in [4.69, 9.17) is 4.52 Å². The predicted molar refractivity (Wildman–Crippen MR) is 51.4 cm³/mol. The van der Waals surface area contributed by atoms with E-state index >= 15 is 0 Å². The van der Waals surface area contributed by atoms with Crippen molar-refractivity contribution in [3.63, 3.8) is 0 Å². The van der Waals surface area contributed by atoms with Crippen LogP contribution in [0.1, 0.15) is 11.1 Å². The van der Waals surface area contributed by atoms with Crippen molar-refractivity contribution in [2.24, 2.45) is 0 Å². The van der Waals surface area contributed by atoms with Crippen LogP contribution < -0.4 is 0 Å². The standard InChI is InChI=1S/C11H11NO/c1-8-4-3-5-10(6-8)11-9(2)7-13-12-11/h3-7H,1-2H3. The summed E-state index contributed by atoms with van der Waals surface area (Å²) in [5.74, 6) is 0. The first-order valence-electron chi connectivity index (χ1n) is 4.25. The Bertz CT molecular complexity index is 418. The summed E-state index contributed by atoms with van der Waals surface area (Å²) < 4.78 is 4.89. The summed E-state index contributed by atoms with van der Waals surface area (Å²) in [6, 6.07) is 8.24. The summed E-state index contributed by atoms with van der Waals surface area (Å²) in [6.07, 6.45) is 1.66. The molecule has 0 radical (unpaired) electrons. The molecular weight excluding hydrogens is 162 g/mol. The second-order valence-corrected chi connectivity index (χ2v) is 3.22. The lowest BCUT2D eigenvalue weighted by Crippen LogP contribution is -1.81. The molecule has 0 saturated carbocycles. The number of aromatic nitrogens is 1. The molecule has 2 aromatic rings. The van der Waals surface area contributed by atoms with Crippen molar-refractivity contribution >= 4 is 0 Å². The zero-order valence-corrected chi connectivity index (χ0v) is 7.74. The molecule has 0 aliphatic rings. The van der Waals surface area contributed by atoms with Crippen LogP contribution in [0.2, 0.25) is 0 Å². The Morgan fingerprint density at radius 3 is 2.69 bits per heavy atom. The quantitative estimate of drug-likeness (QED) is 0.662. The van der Waals surface area contributed by atoms with E-state index in [1.165, 1.54) is 5.56 Å². The van der Waals surface area contributed by atoms with E-state index in [1.807, 2.05) is 19.1 Å². The van der Waals surface area contributed by atoms with Crippen molar-refractivity contribution in [3.8, 4) is 11.3 Å². The van der Waals surface area contributed by atoms with Crippen molar-refractivity contribution in [1.82, 2.24) is 5.16 Å². The fourth-order valence-electron chi connectivity index (χ4n) is 1.36. The molecule has 0 aliphatic carbocycles.